The molecular weight excluding hydrogens is 453 g/mol. The maximum absolute atomic E-state index is 13.6. The van der Waals surface area contributed by atoms with E-state index in [2.05, 4.69) is 0 Å². The van der Waals surface area contributed by atoms with Gasteiger partial charge in [-0.15, -0.1) is 11.8 Å². The Morgan fingerprint density at radius 2 is 2.03 bits per heavy atom. The van der Waals surface area contributed by atoms with E-state index in [0.717, 1.165) is 23.4 Å². The quantitative estimate of drug-likeness (QED) is 0.506. The molecule has 1 N–H and O–H groups in total. The van der Waals surface area contributed by atoms with Gasteiger partial charge in [0.05, 0.1) is 10.8 Å². The number of carboxylic acid groups (broad SMARTS) is 1. The minimum Gasteiger partial charge on any atom is -0.488 e. The second-order valence-electron chi connectivity index (χ2n) is 8.00. The van der Waals surface area contributed by atoms with Crippen LogP contribution in [0.2, 0.25) is 5.02 Å². The van der Waals surface area contributed by atoms with Gasteiger partial charge in [-0.1, -0.05) is 17.7 Å². The van der Waals surface area contributed by atoms with Crippen LogP contribution in [0.5, 0.6) is 11.5 Å². The van der Waals surface area contributed by atoms with Gasteiger partial charge in [0.1, 0.15) is 23.7 Å². The minimum atomic E-state index is -4.62. The molecule has 0 aromatic heterocycles. The number of fused-ring (bicyclic) bond motifs is 1. The van der Waals surface area contributed by atoms with Crippen LogP contribution in [-0.2, 0) is 29.8 Å². The summed E-state index contributed by atoms with van der Waals surface area (Å²) in [5.74, 6) is -0.584. The number of rotatable bonds is 7. The molecule has 0 aliphatic carbocycles. The molecule has 0 radical (unpaired) electrons. The topological polar surface area (TPSA) is 55.8 Å². The van der Waals surface area contributed by atoms with E-state index in [4.69, 9.17) is 26.2 Å². The predicted molar refractivity (Wildman–Crippen MR) is 114 cm³/mol. The zero-order valence-electron chi connectivity index (χ0n) is 17.2. The van der Waals surface area contributed by atoms with Crippen molar-refractivity contribution in [1.29, 1.82) is 0 Å². The summed E-state index contributed by atoms with van der Waals surface area (Å²) < 4.78 is 52.4. The molecule has 0 amide bonds. The fraction of sp³-hybridized carbons (Fsp3) is 0.409. The molecule has 1 aliphatic heterocycles. The van der Waals surface area contributed by atoms with Gasteiger partial charge in [-0.25, -0.2) is 0 Å². The third-order valence-corrected chi connectivity index (χ3v) is 6.20. The maximum Gasteiger partial charge on any atom is 0.419 e. The summed E-state index contributed by atoms with van der Waals surface area (Å²) >= 11 is 7.22. The first kappa shape index (κ1) is 23.6. The highest BCUT2D eigenvalue weighted by Crippen LogP contribution is 2.41. The summed E-state index contributed by atoms with van der Waals surface area (Å²) in [7, 11) is 0. The molecule has 0 fully saturated rings. The number of alkyl halides is 3. The van der Waals surface area contributed by atoms with Gasteiger partial charge in [0.2, 0.25) is 0 Å². The van der Waals surface area contributed by atoms with Crippen LogP contribution >= 0.6 is 23.4 Å². The molecule has 4 nitrogen and oxygen atoms in total. The molecule has 0 saturated heterocycles. The molecule has 0 spiro atoms. The molecule has 2 aromatic rings. The summed E-state index contributed by atoms with van der Waals surface area (Å²) in [5.41, 5.74) is 0.508. The fourth-order valence-corrected chi connectivity index (χ4v) is 4.34. The first-order valence-electron chi connectivity index (χ1n) is 9.53. The number of hydrogen-bond acceptors (Lipinski definition) is 4. The molecule has 1 atom stereocenters. The zero-order chi connectivity index (χ0) is 23.0. The van der Waals surface area contributed by atoms with E-state index in [-0.39, 0.29) is 18.1 Å². The highest BCUT2D eigenvalue weighted by atomic mass is 35.5. The second-order valence-corrected chi connectivity index (χ2v) is 9.77. The fourth-order valence-electron chi connectivity index (χ4n) is 3.31. The Morgan fingerprint density at radius 1 is 1.32 bits per heavy atom. The Balaban J connectivity index is 1.82. The molecule has 1 heterocycles. The van der Waals surface area contributed by atoms with Crippen molar-refractivity contribution >= 4 is 29.3 Å². The van der Waals surface area contributed by atoms with Crippen LogP contribution in [0.4, 0.5) is 13.2 Å². The van der Waals surface area contributed by atoms with Crippen LogP contribution in [0.25, 0.3) is 0 Å². The summed E-state index contributed by atoms with van der Waals surface area (Å²) in [6.07, 6.45) is -3.98. The number of aliphatic carboxylic acids is 1. The van der Waals surface area contributed by atoms with Crippen molar-refractivity contribution in [2.45, 2.75) is 56.6 Å². The highest BCUT2D eigenvalue weighted by molar-refractivity contribution is 7.99. The second kappa shape index (κ2) is 8.82. The van der Waals surface area contributed by atoms with Crippen LogP contribution in [0.1, 0.15) is 43.0 Å². The van der Waals surface area contributed by atoms with Gasteiger partial charge in [-0.05, 0) is 56.2 Å². The van der Waals surface area contributed by atoms with Crippen LogP contribution in [0, 0.1) is 0 Å². The Hall–Kier alpha value is -2.06. The van der Waals surface area contributed by atoms with E-state index in [9.17, 15) is 18.0 Å². The third-order valence-electron chi connectivity index (χ3n) is 4.78. The van der Waals surface area contributed by atoms with Gasteiger partial charge >= 0.3 is 12.1 Å². The van der Waals surface area contributed by atoms with Crippen LogP contribution in [0.15, 0.2) is 30.3 Å². The molecule has 0 bridgehead atoms. The molecule has 9 heteroatoms. The molecular formula is C22H22ClF3O4S. The van der Waals surface area contributed by atoms with Crippen molar-refractivity contribution in [3.8, 4) is 11.5 Å². The Morgan fingerprint density at radius 3 is 2.68 bits per heavy atom. The number of carbonyl (C=O) groups is 1. The van der Waals surface area contributed by atoms with Gasteiger partial charge in [0.25, 0.3) is 0 Å². The van der Waals surface area contributed by atoms with E-state index < -0.39 is 28.6 Å². The lowest BCUT2D eigenvalue weighted by atomic mass is 10.0. The largest absolute Gasteiger partial charge is 0.488 e. The normalized spacial score (nSPS) is 15.8. The molecule has 1 aliphatic rings. The minimum absolute atomic E-state index is 0.133. The van der Waals surface area contributed by atoms with Crippen molar-refractivity contribution < 1.29 is 32.5 Å². The monoisotopic (exact) mass is 474 g/mol. The molecule has 2 aromatic carbocycles. The maximum atomic E-state index is 13.6. The van der Waals surface area contributed by atoms with E-state index in [1.165, 1.54) is 19.1 Å². The van der Waals surface area contributed by atoms with Crippen LogP contribution in [0.3, 0.4) is 0 Å². The van der Waals surface area contributed by atoms with Crippen LogP contribution < -0.4 is 9.47 Å². The van der Waals surface area contributed by atoms with Crippen LogP contribution in [-0.4, -0.2) is 21.9 Å². The number of hydrogen-bond donors (Lipinski definition) is 1. The van der Waals surface area contributed by atoms with Crippen molar-refractivity contribution in [1.82, 2.24) is 0 Å². The lowest BCUT2D eigenvalue weighted by Gasteiger charge is -2.19. The molecule has 3 rings (SSSR count). The first-order valence-corrected chi connectivity index (χ1v) is 11.0. The van der Waals surface area contributed by atoms with E-state index in [0.29, 0.717) is 28.3 Å². The first-order chi connectivity index (χ1) is 14.4. The molecule has 0 unspecified atom stereocenters. The number of halogens is 4. The summed E-state index contributed by atoms with van der Waals surface area (Å²) in [6, 6.07) is 7.20. The number of thioether (sulfide) groups is 1. The van der Waals surface area contributed by atoms with Gasteiger partial charge in [-0.3, -0.25) is 4.79 Å². The van der Waals surface area contributed by atoms with E-state index in [1.54, 1.807) is 12.1 Å². The number of benzene rings is 2. The van der Waals surface area contributed by atoms with Crippen molar-refractivity contribution in [3.05, 3.63) is 57.6 Å². The average molecular weight is 475 g/mol. The van der Waals surface area contributed by atoms with Gasteiger partial charge in [-0.2, -0.15) is 13.2 Å². The van der Waals surface area contributed by atoms with Crippen molar-refractivity contribution in [3.63, 3.8) is 0 Å². The molecule has 0 saturated carbocycles. The summed E-state index contributed by atoms with van der Waals surface area (Å²) in [4.78, 5) is 10.9. The van der Waals surface area contributed by atoms with Gasteiger partial charge in [0.15, 0.2) is 0 Å². The Labute approximate surface area is 187 Å². The molecule has 31 heavy (non-hydrogen) atoms. The van der Waals surface area contributed by atoms with Gasteiger partial charge < -0.3 is 14.6 Å². The Kier molecular flexibility index (Phi) is 6.72. The summed E-state index contributed by atoms with van der Waals surface area (Å²) in [6.45, 7) is 5.21. The summed E-state index contributed by atoms with van der Waals surface area (Å²) in [5, 5.41) is 8.69. The van der Waals surface area contributed by atoms with E-state index >= 15 is 0 Å². The van der Waals surface area contributed by atoms with Crippen molar-refractivity contribution in [2.24, 2.45) is 0 Å². The average Bonchev–Trinajstić information content (AvgIpc) is 2.97. The third kappa shape index (κ3) is 5.80. The van der Waals surface area contributed by atoms with Crippen molar-refractivity contribution in [2.75, 3.05) is 0 Å². The highest BCUT2D eigenvalue weighted by Gasteiger charge is 2.36. The number of ether oxygens (including phenoxy) is 2. The zero-order valence-corrected chi connectivity index (χ0v) is 18.7. The van der Waals surface area contributed by atoms with Gasteiger partial charge in [0, 0.05) is 22.8 Å². The lowest BCUT2D eigenvalue weighted by Crippen LogP contribution is -2.25. The Bertz CT molecular complexity index is 991. The lowest BCUT2D eigenvalue weighted by molar-refractivity contribution is -0.139. The SMILES string of the molecule is C[C@@H](SCc1ccc(OCc2cc(Cl)cc3c2OC(C)(C)C3)c(C(F)(F)F)c1)C(=O)O. The molecule has 168 valence electrons. The van der Waals surface area contributed by atoms with E-state index in [1.807, 2.05) is 13.8 Å². The number of carboxylic acids is 1. The standard InChI is InChI=1S/C22H22ClF3O4S/c1-12(20(27)28)31-11-13-4-5-18(17(6-13)22(24,25)26)29-10-15-8-16(23)7-14-9-21(2,3)30-19(14)15/h4-8,12H,9-11H2,1-3H3,(H,27,28)/t12-/m1/s1. The smallest absolute Gasteiger partial charge is 0.419 e. The predicted octanol–water partition coefficient (Wildman–Crippen LogP) is 6.36.